The molecule has 0 radical (unpaired) electrons. The summed E-state index contributed by atoms with van der Waals surface area (Å²) < 4.78 is 35.5. The van der Waals surface area contributed by atoms with Gasteiger partial charge in [-0.3, -0.25) is 13.9 Å². The van der Waals surface area contributed by atoms with Crippen molar-refractivity contribution in [3.8, 4) is 5.75 Å². The van der Waals surface area contributed by atoms with E-state index in [1.54, 1.807) is 37.3 Å². The zero-order valence-electron chi connectivity index (χ0n) is 23.5. The van der Waals surface area contributed by atoms with Gasteiger partial charge in [0.15, 0.2) is 0 Å². The molecule has 3 aromatic carbocycles. The normalized spacial score (nSPS) is 11.9. The Morgan fingerprint density at radius 3 is 2.20 bits per heavy atom. The molecule has 0 saturated heterocycles. The van der Waals surface area contributed by atoms with E-state index in [1.165, 1.54) is 24.1 Å². The van der Waals surface area contributed by atoms with Crippen LogP contribution in [0, 0.1) is 13.8 Å². The second-order valence-corrected chi connectivity index (χ2v) is 12.4. The van der Waals surface area contributed by atoms with Crippen LogP contribution in [0.4, 0.5) is 5.69 Å². The van der Waals surface area contributed by atoms with E-state index in [-0.39, 0.29) is 23.0 Å². The van der Waals surface area contributed by atoms with Crippen LogP contribution < -0.4 is 14.4 Å². The van der Waals surface area contributed by atoms with Gasteiger partial charge in [0.05, 0.1) is 17.7 Å². The Balaban J connectivity index is 2.08. The molecule has 3 rings (SSSR count). The Morgan fingerprint density at radius 2 is 1.60 bits per heavy atom. The van der Waals surface area contributed by atoms with E-state index in [9.17, 15) is 18.0 Å². The standard InChI is InChI=1S/C30H36BrN3O5S/c1-6-17-32-30(36)23(4)33(19-24-10-12-25(31)13-11-24)29(35)20-34(27-18-22(3)9-16-28(27)39-5)40(37,38)26-14-7-21(2)8-15-26/h7-16,18,23H,6,17,19-20H2,1-5H3,(H,32,36). The van der Waals surface area contributed by atoms with Crippen LogP contribution in [-0.2, 0) is 26.2 Å². The fraction of sp³-hybridized carbons (Fsp3) is 0.333. The van der Waals surface area contributed by atoms with Crippen LogP contribution in [0.2, 0.25) is 0 Å². The van der Waals surface area contributed by atoms with Crippen molar-refractivity contribution >= 4 is 43.5 Å². The van der Waals surface area contributed by atoms with Crippen molar-refractivity contribution in [2.45, 2.75) is 51.6 Å². The molecular weight excluding hydrogens is 594 g/mol. The molecule has 1 atom stereocenters. The van der Waals surface area contributed by atoms with E-state index in [1.807, 2.05) is 45.0 Å². The van der Waals surface area contributed by atoms with Crippen molar-refractivity contribution in [3.05, 3.63) is 87.9 Å². The number of ether oxygens (including phenoxy) is 1. The van der Waals surface area contributed by atoms with Gasteiger partial charge in [0.2, 0.25) is 11.8 Å². The molecule has 40 heavy (non-hydrogen) atoms. The highest BCUT2D eigenvalue weighted by molar-refractivity contribution is 9.10. The van der Waals surface area contributed by atoms with Crippen LogP contribution in [0.5, 0.6) is 5.75 Å². The van der Waals surface area contributed by atoms with Gasteiger partial charge >= 0.3 is 0 Å². The number of sulfonamides is 1. The van der Waals surface area contributed by atoms with Crippen molar-refractivity contribution in [1.29, 1.82) is 0 Å². The number of amides is 2. The van der Waals surface area contributed by atoms with Crippen LogP contribution in [0.25, 0.3) is 0 Å². The molecule has 3 aromatic rings. The van der Waals surface area contributed by atoms with E-state index in [0.717, 1.165) is 31.9 Å². The Labute approximate surface area is 245 Å². The minimum Gasteiger partial charge on any atom is -0.495 e. The van der Waals surface area contributed by atoms with E-state index in [2.05, 4.69) is 21.2 Å². The first-order valence-electron chi connectivity index (χ1n) is 13.0. The summed E-state index contributed by atoms with van der Waals surface area (Å²) in [6, 6.07) is 18.2. The molecule has 2 amide bonds. The van der Waals surface area contributed by atoms with Gasteiger partial charge < -0.3 is 15.0 Å². The van der Waals surface area contributed by atoms with Gasteiger partial charge in [-0.05, 0) is 74.7 Å². The molecule has 0 heterocycles. The molecular formula is C30H36BrN3O5S. The molecule has 0 spiro atoms. The summed E-state index contributed by atoms with van der Waals surface area (Å²) in [5.41, 5.74) is 2.74. The second kappa shape index (κ2) is 13.8. The average molecular weight is 631 g/mol. The lowest BCUT2D eigenvalue weighted by Crippen LogP contribution is -2.51. The van der Waals surface area contributed by atoms with Crippen molar-refractivity contribution in [2.75, 3.05) is 24.5 Å². The van der Waals surface area contributed by atoms with Gasteiger partial charge in [-0.2, -0.15) is 0 Å². The molecule has 0 aromatic heterocycles. The third-order valence-corrected chi connectivity index (χ3v) is 8.78. The van der Waals surface area contributed by atoms with Crippen LogP contribution >= 0.6 is 15.9 Å². The highest BCUT2D eigenvalue weighted by Gasteiger charge is 2.33. The summed E-state index contributed by atoms with van der Waals surface area (Å²) in [6.45, 7) is 7.35. The number of benzene rings is 3. The highest BCUT2D eigenvalue weighted by Crippen LogP contribution is 2.34. The lowest BCUT2D eigenvalue weighted by Gasteiger charge is -2.32. The quantitative estimate of drug-likeness (QED) is 0.297. The summed E-state index contributed by atoms with van der Waals surface area (Å²) in [6.07, 6.45) is 0.745. The second-order valence-electron chi connectivity index (χ2n) is 9.62. The van der Waals surface area contributed by atoms with Crippen molar-refractivity contribution in [2.24, 2.45) is 0 Å². The number of halogens is 1. The average Bonchev–Trinajstić information content (AvgIpc) is 2.93. The molecule has 10 heteroatoms. The van der Waals surface area contributed by atoms with Crippen molar-refractivity contribution < 1.29 is 22.7 Å². The lowest BCUT2D eigenvalue weighted by molar-refractivity contribution is -0.139. The summed E-state index contributed by atoms with van der Waals surface area (Å²) in [5, 5.41) is 2.84. The smallest absolute Gasteiger partial charge is 0.264 e. The fourth-order valence-corrected chi connectivity index (χ4v) is 5.79. The van der Waals surface area contributed by atoms with Crippen LogP contribution in [0.3, 0.4) is 0 Å². The number of carbonyl (C=O) groups excluding carboxylic acids is 2. The minimum atomic E-state index is -4.19. The number of nitrogens with one attached hydrogen (secondary N) is 1. The number of aryl methyl sites for hydroxylation is 2. The molecule has 0 bridgehead atoms. The third-order valence-electron chi connectivity index (χ3n) is 6.47. The molecule has 0 aliphatic carbocycles. The number of hydrogen-bond acceptors (Lipinski definition) is 5. The highest BCUT2D eigenvalue weighted by atomic mass is 79.9. The fourth-order valence-electron chi connectivity index (χ4n) is 4.11. The van der Waals surface area contributed by atoms with E-state index in [4.69, 9.17) is 4.74 Å². The zero-order chi connectivity index (χ0) is 29.4. The molecule has 8 nitrogen and oxygen atoms in total. The van der Waals surface area contributed by atoms with Gasteiger partial charge in [-0.15, -0.1) is 0 Å². The van der Waals surface area contributed by atoms with Gasteiger partial charge in [0.25, 0.3) is 10.0 Å². The zero-order valence-corrected chi connectivity index (χ0v) is 25.9. The summed E-state index contributed by atoms with van der Waals surface area (Å²) in [4.78, 5) is 28.5. The topological polar surface area (TPSA) is 96.0 Å². The Bertz CT molecular complexity index is 1430. The molecule has 0 fully saturated rings. The predicted octanol–water partition coefficient (Wildman–Crippen LogP) is 5.21. The minimum absolute atomic E-state index is 0.0441. The summed E-state index contributed by atoms with van der Waals surface area (Å²) in [5.74, 6) is -0.531. The number of anilines is 1. The Hall–Kier alpha value is -3.37. The number of carbonyl (C=O) groups is 2. The SMILES string of the molecule is CCCNC(=O)C(C)N(Cc1ccc(Br)cc1)C(=O)CN(c1cc(C)ccc1OC)S(=O)(=O)c1ccc(C)cc1. The molecule has 1 N–H and O–H groups in total. The van der Waals surface area contributed by atoms with E-state index >= 15 is 0 Å². The van der Waals surface area contributed by atoms with Crippen LogP contribution in [-0.4, -0.2) is 51.4 Å². The lowest BCUT2D eigenvalue weighted by atomic mass is 10.1. The largest absolute Gasteiger partial charge is 0.495 e. The first kappa shape index (κ1) is 31.2. The van der Waals surface area contributed by atoms with Gasteiger partial charge in [0, 0.05) is 17.6 Å². The van der Waals surface area contributed by atoms with Gasteiger partial charge in [-0.1, -0.05) is 58.7 Å². The van der Waals surface area contributed by atoms with Gasteiger partial charge in [-0.25, -0.2) is 8.42 Å². The number of nitrogens with zero attached hydrogens (tertiary/aromatic N) is 2. The summed E-state index contributed by atoms with van der Waals surface area (Å²) >= 11 is 3.42. The van der Waals surface area contributed by atoms with Crippen LogP contribution in [0.1, 0.15) is 37.0 Å². The van der Waals surface area contributed by atoms with Crippen LogP contribution in [0.15, 0.2) is 76.1 Å². The molecule has 0 aliphatic heterocycles. The Kier molecular flexibility index (Phi) is 10.8. The summed E-state index contributed by atoms with van der Waals surface area (Å²) in [7, 11) is -2.74. The predicted molar refractivity (Wildman–Crippen MR) is 161 cm³/mol. The first-order chi connectivity index (χ1) is 19.0. The number of methoxy groups -OCH3 is 1. The monoisotopic (exact) mass is 629 g/mol. The maximum Gasteiger partial charge on any atom is 0.264 e. The van der Waals surface area contributed by atoms with E-state index in [0.29, 0.717) is 12.3 Å². The van der Waals surface area contributed by atoms with Gasteiger partial charge in [0.1, 0.15) is 18.3 Å². The first-order valence-corrected chi connectivity index (χ1v) is 15.3. The molecule has 214 valence electrons. The third kappa shape index (κ3) is 7.63. The maximum absolute atomic E-state index is 14.0. The van der Waals surface area contributed by atoms with Crippen molar-refractivity contribution in [3.63, 3.8) is 0 Å². The Morgan fingerprint density at radius 1 is 0.975 bits per heavy atom. The molecule has 1 unspecified atom stereocenters. The maximum atomic E-state index is 14.0. The number of rotatable bonds is 12. The molecule has 0 saturated carbocycles. The molecule has 0 aliphatic rings. The van der Waals surface area contributed by atoms with E-state index < -0.39 is 28.5 Å². The number of hydrogen-bond donors (Lipinski definition) is 1. The van der Waals surface area contributed by atoms with Crippen molar-refractivity contribution in [1.82, 2.24) is 10.2 Å².